The molecule has 0 saturated carbocycles. The summed E-state index contributed by atoms with van der Waals surface area (Å²) < 4.78 is 17.7. The Morgan fingerprint density at radius 1 is 0.944 bits per heavy atom. The number of carbonyl (C=O) groups is 1. The number of carboxylic acid groups (broad SMARTS) is 1. The van der Waals surface area contributed by atoms with Crippen molar-refractivity contribution in [2.75, 3.05) is 0 Å². The van der Waals surface area contributed by atoms with E-state index in [0.29, 0.717) is 41.0 Å². The normalized spacial score (nSPS) is 11.9. The molecule has 0 radical (unpaired) electrons. The first kappa shape index (κ1) is 25.3. The summed E-state index contributed by atoms with van der Waals surface area (Å²) in [4.78, 5) is 16.2. The van der Waals surface area contributed by atoms with Crippen molar-refractivity contribution < 1.29 is 24.1 Å². The maximum absolute atomic E-state index is 11.7. The van der Waals surface area contributed by atoms with Crippen molar-refractivity contribution in [3.63, 3.8) is 0 Å². The zero-order valence-electron chi connectivity index (χ0n) is 20.2. The molecular formula is C29H28ClNO5. The SMILES string of the molecule is CC(C)CC(Oc1c(Cl)cccc1COc1cccc(COc2ccc3ccccc3n2)c1)C(=O)O. The fourth-order valence-corrected chi connectivity index (χ4v) is 3.98. The van der Waals surface area contributed by atoms with Crippen molar-refractivity contribution in [3.05, 3.63) is 95.0 Å². The summed E-state index contributed by atoms with van der Waals surface area (Å²) in [5, 5.41) is 11.0. The molecule has 7 heteroatoms. The molecule has 0 amide bonds. The second-order valence-corrected chi connectivity index (χ2v) is 9.28. The molecule has 1 aromatic heterocycles. The third-order valence-corrected chi connectivity index (χ3v) is 5.82. The van der Waals surface area contributed by atoms with Gasteiger partial charge in [0.05, 0.1) is 10.5 Å². The lowest BCUT2D eigenvalue weighted by Crippen LogP contribution is -2.29. The van der Waals surface area contributed by atoms with Crippen LogP contribution in [0, 0.1) is 5.92 Å². The largest absolute Gasteiger partial charge is 0.489 e. The van der Waals surface area contributed by atoms with Gasteiger partial charge in [-0.2, -0.15) is 0 Å². The molecule has 0 aliphatic rings. The van der Waals surface area contributed by atoms with Gasteiger partial charge in [0.25, 0.3) is 0 Å². The lowest BCUT2D eigenvalue weighted by atomic mass is 10.1. The highest BCUT2D eigenvalue weighted by atomic mass is 35.5. The van der Waals surface area contributed by atoms with Crippen LogP contribution in [0.4, 0.5) is 0 Å². The minimum atomic E-state index is -1.02. The van der Waals surface area contributed by atoms with Gasteiger partial charge < -0.3 is 19.3 Å². The molecule has 3 aromatic carbocycles. The number of aliphatic carboxylic acids is 1. The van der Waals surface area contributed by atoms with E-state index in [-0.39, 0.29) is 12.5 Å². The van der Waals surface area contributed by atoms with Crippen molar-refractivity contribution in [1.82, 2.24) is 4.98 Å². The number of fused-ring (bicyclic) bond motifs is 1. The van der Waals surface area contributed by atoms with E-state index in [2.05, 4.69) is 4.98 Å². The zero-order valence-corrected chi connectivity index (χ0v) is 20.9. The van der Waals surface area contributed by atoms with E-state index >= 15 is 0 Å². The molecule has 0 aliphatic carbocycles. The van der Waals surface area contributed by atoms with Gasteiger partial charge >= 0.3 is 5.97 Å². The second kappa shape index (κ2) is 11.8. The third kappa shape index (κ3) is 6.67. The number of para-hydroxylation sites is 2. The molecule has 4 aromatic rings. The Kier molecular flexibility index (Phi) is 8.28. The van der Waals surface area contributed by atoms with Crippen LogP contribution in [-0.2, 0) is 18.0 Å². The van der Waals surface area contributed by atoms with Gasteiger partial charge in [-0.15, -0.1) is 0 Å². The topological polar surface area (TPSA) is 77.9 Å². The highest BCUT2D eigenvalue weighted by Gasteiger charge is 2.23. The highest BCUT2D eigenvalue weighted by Crippen LogP contribution is 2.32. The van der Waals surface area contributed by atoms with Gasteiger partial charge in [0.2, 0.25) is 5.88 Å². The first-order chi connectivity index (χ1) is 17.4. The van der Waals surface area contributed by atoms with E-state index in [0.717, 1.165) is 16.5 Å². The molecule has 0 bridgehead atoms. The maximum atomic E-state index is 11.7. The van der Waals surface area contributed by atoms with Crippen molar-refractivity contribution in [1.29, 1.82) is 0 Å². The molecule has 0 spiro atoms. The molecule has 6 nitrogen and oxygen atoms in total. The van der Waals surface area contributed by atoms with Crippen LogP contribution >= 0.6 is 11.6 Å². The monoisotopic (exact) mass is 505 g/mol. The predicted octanol–water partition coefficient (Wildman–Crippen LogP) is 6.92. The summed E-state index contributed by atoms with van der Waals surface area (Å²) in [6, 6.07) is 24.6. The smallest absolute Gasteiger partial charge is 0.344 e. The number of nitrogens with zero attached hydrogens (tertiary/aromatic N) is 1. The third-order valence-electron chi connectivity index (χ3n) is 5.52. The van der Waals surface area contributed by atoms with E-state index in [1.165, 1.54) is 0 Å². The van der Waals surface area contributed by atoms with E-state index < -0.39 is 12.1 Å². The van der Waals surface area contributed by atoms with Crippen molar-refractivity contribution >= 4 is 28.5 Å². The van der Waals surface area contributed by atoms with E-state index in [1.807, 2.05) is 80.6 Å². The second-order valence-electron chi connectivity index (χ2n) is 8.87. The number of benzene rings is 3. The van der Waals surface area contributed by atoms with Crippen LogP contribution in [0.5, 0.6) is 17.4 Å². The number of aromatic nitrogens is 1. The van der Waals surface area contributed by atoms with Crippen LogP contribution in [0.1, 0.15) is 31.4 Å². The van der Waals surface area contributed by atoms with Gasteiger partial charge in [-0.05, 0) is 48.2 Å². The quantitative estimate of drug-likeness (QED) is 0.238. The standard InChI is InChI=1S/C29H28ClNO5/c1-19(2)15-26(29(32)33)36-28-22(9-6-11-24(28)30)18-34-23-10-5-7-20(16-23)17-35-27-14-13-21-8-3-4-12-25(21)31-27/h3-14,16,19,26H,15,17-18H2,1-2H3,(H,32,33). The number of carboxylic acids is 1. The Bertz CT molecular complexity index is 1340. The maximum Gasteiger partial charge on any atom is 0.344 e. The predicted molar refractivity (Wildman–Crippen MR) is 140 cm³/mol. The summed E-state index contributed by atoms with van der Waals surface area (Å²) in [6.45, 7) is 4.40. The number of halogens is 1. The fourth-order valence-electron chi connectivity index (χ4n) is 3.74. The molecule has 4 rings (SSSR count). The molecule has 1 heterocycles. The Balaban J connectivity index is 1.42. The molecule has 1 unspecified atom stereocenters. The first-order valence-corrected chi connectivity index (χ1v) is 12.1. The van der Waals surface area contributed by atoms with Crippen LogP contribution in [0.25, 0.3) is 10.9 Å². The van der Waals surface area contributed by atoms with E-state index in [4.69, 9.17) is 25.8 Å². The summed E-state index contributed by atoms with van der Waals surface area (Å²) in [5.74, 6) is 0.654. The summed E-state index contributed by atoms with van der Waals surface area (Å²) in [7, 11) is 0. The average Bonchev–Trinajstić information content (AvgIpc) is 2.87. The van der Waals surface area contributed by atoms with Gasteiger partial charge in [-0.3, -0.25) is 0 Å². The van der Waals surface area contributed by atoms with Gasteiger partial charge in [0, 0.05) is 17.0 Å². The Hall–Kier alpha value is -3.77. The van der Waals surface area contributed by atoms with Crippen molar-refractivity contribution in [2.45, 2.75) is 39.6 Å². The molecular weight excluding hydrogens is 478 g/mol. The summed E-state index contributed by atoms with van der Waals surface area (Å²) in [6.07, 6.45) is -0.623. The number of pyridine rings is 1. The number of hydrogen-bond acceptors (Lipinski definition) is 5. The van der Waals surface area contributed by atoms with Gasteiger partial charge in [0.15, 0.2) is 6.10 Å². The van der Waals surface area contributed by atoms with E-state index in [9.17, 15) is 9.90 Å². The average molecular weight is 506 g/mol. The Morgan fingerprint density at radius 2 is 1.75 bits per heavy atom. The minimum Gasteiger partial charge on any atom is -0.489 e. The molecule has 36 heavy (non-hydrogen) atoms. The fraction of sp³-hybridized carbons (Fsp3) is 0.241. The molecule has 0 aliphatic heterocycles. The van der Waals surface area contributed by atoms with Crippen LogP contribution in [0.3, 0.4) is 0 Å². The van der Waals surface area contributed by atoms with Gasteiger partial charge in [-0.25, -0.2) is 9.78 Å². The Morgan fingerprint density at radius 3 is 2.56 bits per heavy atom. The van der Waals surface area contributed by atoms with Crippen LogP contribution < -0.4 is 14.2 Å². The number of rotatable bonds is 11. The molecule has 0 fully saturated rings. The first-order valence-electron chi connectivity index (χ1n) is 11.8. The van der Waals surface area contributed by atoms with Crippen LogP contribution in [0.2, 0.25) is 5.02 Å². The Labute approximate surface area is 215 Å². The van der Waals surface area contributed by atoms with Crippen molar-refractivity contribution in [3.8, 4) is 17.4 Å². The number of hydrogen-bond donors (Lipinski definition) is 1. The summed E-state index contributed by atoms with van der Waals surface area (Å²) in [5.41, 5.74) is 2.47. The van der Waals surface area contributed by atoms with Crippen LogP contribution in [0.15, 0.2) is 78.9 Å². The van der Waals surface area contributed by atoms with Gasteiger partial charge in [0.1, 0.15) is 24.7 Å². The zero-order chi connectivity index (χ0) is 25.5. The molecule has 186 valence electrons. The molecule has 1 N–H and O–H groups in total. The summed E-state index contributed by atoms with van der Waals surface area (Å²) >= 11 is 6.36. The number of ether oxygens (including phenoxy) is 3. The van der Waals surface area contributed by atoms with Gasteiger partial charge in [-0.1, -0.05) is 67.9 Å². The van der Waals surface area contributed by atoms with Crippen LogP contribution in [-0.4, -0.2) is 22.2 Å². The lowest BCUT2D eigenvalue weighted by molar-refractivity contribution is -0.145. The minimum absolute atomic E-state index is 0.156. The van der Waals surface area contributed by atoms with Crippen molar-refractivity contribution in [2.24, 2.45) is 5.92 Å². The lowest BCUT2D eigenvalue weighted by Gasteiger charge is -2.20. The molecule has 1 atom stereocenters. The van der Waals surface area contributed by atoms with E-state index in [1.54, 1.807) is 12.1 Å². The highest BCUT2D eigenvalue weighted by molar-refractivity contribution is 6.32. The molecule has 0 saturated heterocycles.